The number of halogens is 4. The van der Waals surface area contributed by atoms with Gasteiger partial charge in [0.15, 0.2) is 0 Å². The number of phosphoric acid groups is 1. The third-order valence-corrected chi connectivity index (χ3v) is 0.976. The van der Waals surface area contributed by atoms with Crippen molar-refractivity contribution in [1.82, 2.24) is 0 Å². The maximum Gasteiger partial charge on any atom is 0.474 e. The molecule has 0 aliphatic heterocycles. The molecule has 68 valence electrons. The Kier molecular flexibility index (Phi) is 3.01. The zero-order valence-electron chi connectivity index (χ0n) is 4.75. The standard InChI is InChI=1S/C2H3F4O4P/c3-1(4)2(5,6)10-11(7,8)9/h1H,(H2,7,8,9). The van der Waals surface area contributed by atoms with E-state index in [4.69, 9.17) is 9.79 Å². The molecular formula is C2H3F4O4P. The Bertz CT molecular complexity index is 175. The van der Waals surface area contributed by atoms with Crippen molar-refractivity contribution >= 4 is 7.82 Å². The molecule has 0 saturated heterocycles. The van der Waals surface area contributed by atoms with E-state index >= 15 is 0 Å². The molecule has 11 heavy (non-hydrogen) atoms. The van der Waals surface area contributed by atoms with E-state index in [1.807, 2.05) is 0 Å². The van der Waals surface area contributed by atoms with Crippen LogP contribution in [0.2, 0.25) is 0 Å². The molecule has 0 aromatic rings. The summed E-state index contributed by atoms with van der Waals surface area (Å²) >= 11 is 0. The van der Waals surface area contributed by atoms with Crippen molar-refractivity contribution in [3.05, 3.63) is 0 Å². The molecule has 0 rings (SSSR count). The van der Waals surface area contributed by atoms with Crippen LogP contribution in [0, 0.1) is 0 Å². The van der Waals surface area contributed by atoms with Crippen molar-refractivity contribution in [2.45, 2.75) is 12.5 Å². The summed E-state index contributed by atoms with van der Waals surface area (Å²) in [7, 11) is -5.57. The zero-order valence-corrected chi connectivity index (χ0v) is 5.64. The first-order valence-electron chi connectivity index (χ1n) is 2.07. The highest BCUT2D eigenvalue weighted by molar-refractivity contribution is 7.46. The lowest BCUT2D eigenvalue weighted by Crippen LogP contribution is -2.28. The minimum atomic E-state index is -5.57. The molecule has 0 radical (unpaired) electrons. The van der Waals surface area contributed by atoms with E-state index in [2.05, 4.69) is 4.52 Å². The fraction of sp³-hybridized carbons (Fsp3) is 1.00. The van der Waals surface area contributed by atoms with Crippen LogP contribution in [0.3, 0.4) is 0 Å². The molecule has 0 amide bonds. The quantitative estimate of drug-likeness (QED) is 0.523. The van der Waals surface area contributed by atoms with Gasteiger partial charge in [-0.05, 0) is 0 Å². The molecule has 9 heteroatoms. The lowest BCUT2D eigenvalue weighted by atomic mass is 10.7. The second-order valence-electron chi connectivity index (χ2n) is 1.44. The highest BCUT2D eigenvalue weighted by Gasteiger charge is 2.47. The van der Waals surface area contributed by atoms with Crippen molar-refractivity contribution in [1.29, 1.82) is 0 Å². The summed E-state index contributed by atoms with van der Waals surface area (Å²) in [5.74, 6) is 0. The normalized spacial score (nSPS) is 14.1. The third-order valence-electron chi connectivity index (χ3n) is 0.495. The van der Waals surface area contributed by atoms with Crippen molar-refractivity contribution < 1.29 is 36.4 Å². The van der Waals surface area contributed by atoms with E-state index in [1.54, 1.807) is 0 Å². The van der Waals surface area contributed by atoms with E-state index in [0.29, 0.717) is 0 Å². The minimum Gasteiger partial charge on any atom is -0.303 e. The van der Waals surface area contributed by atoms with Gasteiger partial charge in [-0.3, -0.25) is 0 Å². The highest BCUT2D eigenvalue weighted by atomic mass is 31.2. The Morgan fingerprint density at radius 1 is 1.36 bits per heavy atom. The van der Waals surface area contributed by atoms with Gasteiger partial charge in [0.2, 0.25) is 0 Å². The maximum absolute atomic E-state index is 11.6. The minimum absolute atomic E-state index is 2.47. The third kappa shape index (κ3) is 4.31. The number of hydrogen-bond donors (Lipinski definition) is 2. The van der Waals surface area contributed by atoms with Crippen LogP contribution in [0.5, 0.6) is 0 Å². The van der Waals surface area contributed by atoms with E-state index in [9.17, 15) is 22.1 Å². The van der Waals surface area contributed by atoms with Gasteiger partial charge in [0.25, 0.3) is 0 Å². The number of phosphoric ester groups is 1. The first kappa shape index (κ1) is 10.8. The Balaban J connectivity index is 4.25. The molecule has 0 atom stereocenters. The summed E-state index contributed by atoms with van der Waals surface area (Å²) < 4.78 is 57.5. The molecule has 0 unspecified atom stereocenters. The van der Waals surface area contributed by atoms with Crippen LogP contribution < -0.4 is 0 Å². The first-order chi connectivity index (χ1) is 4.65. The van der Waals surface area contributed by atoms with E-state index in [-0.39, 0.29) is 0 Å². The molecule has 0 aromatic carbocycles. The van der Waals surface area contributed by atoms with Gasteiger partial charge < -0.3 is 9.79 Å². The predicted molar refractivity (Wildman–Crippen MR) is 24.1 cm³/mol. The van der Waals surface area contributed by atoms with Crippen LogP contribution in [0.25, 0.3) is 0 Å². The van der Waals surface area contributed by atoms with Crippen LogP contribution in [-0.2, 0) is 9.09 Å². The average Bonchev–Trinajstić information content (AvgIpc) is 1.56. The zero-order chi connectivity index (χ0) is 9.28. The number of rotatable bonds is 3. The Labute approximate surface area is 58.0 Å². The highest BCUT2D eigenvalue weighted by Crippen LogP contribution is 2.44. The van der Waals surface area contributed by atoms with Gasteiger partial charge in [-0.15, -0.1) is 0 Å². The van der Waals surface area contributed by atoms with Gasteiger partial charge in [0, 0.05) is 0 Å². The molecule has 0 aliphatic carbocycles. The van der Waals surface area contributed by atoms with Crippen molar-refractivity contribution in [3.8, 4) is 0 Å². The molecule has 4 nitrogen and oxygen atoms in total. The van der Waals surface area contributed by atoms with E-state index in [0.717, 1.165) is 0 Å². The number of alkyl halides is 4. The molecule has 0 heterocycles. The first-order valence-corrected chi connectivity index (χ1v) is 3.60. The van der Waals surface area contributed by atoms with Gasteiger partial charge in [-0.25, -0.2) is 17.9 Å². The fourth-order valence-corrected chi connectivity index (χ4v) is 0.595. The maximum atomic E-state index is 11.6. The van der Waals surface area contributed by atoms with E-state index < -0.39 is 20.4 Å². The van der Waals surface area contributed by atoms with Gasteiger partial charge in [0.1, 0.15) is 0 Å². The van der Waals surface area contributed by atoms with E-state index in [1.165, 1.54) is 0 Å². The molecule has 0 bridgehead atoms. The molecule has 0 fully saturated rings. The van der Waals surface area contributed by atoms with Gasteiger partial charge in [-0.1, -0.05) is 0 Å². The smallest absolute Gasteiger partial charge is 0.303 e. The Hall–Kier alpha value is -0.170. The van der Waals surface area contributed by atoms with Crippen LogP contribution in [-0.4, -0.2) is 22.3 Å². The summed E-state index contributed by atoms with van der Waals surface area (Å²) in [6, 6.07) is 0. The van der Waals surface area contributed by atoms with Crippen molar-refractivity contribution in [2.75, 3.05) is 0 Å². The predicted octanol–water partition coefficient (Wildman–Crippen LogP) is 0.954. The van der Waals surface area contributed by atoms with Crippen LogP contribution in [0.4, 0.5) is 17.6 Å². The van der Waals surface area contributed by atoms with Crippen LogP contribution >= 0.6 is 7.82 Å². The lowest BCUT2D eigenvalue weighted by molar-refractivity contribution is -0.260. The van der Waals surface area contributed by atoms with Crippen LogP contribution in [0.15, 0.2) is 0 Å². The molecule has 0 spiro atoms. The topological polar surface area (TPSA) is 66.8 Å². The molecule has 0 aromatic heterocycles. The SMILES string of the molecule is O=P(O)(O)OC(F)(F)C(F)F. The fourth-order valence-electron chi connectivity index (χ4n) is 0.198. The largest absolute Gasteiger partial charge is 0.474 e. The molecule has 0 saturated carbocycles. The lowest BCUT2D eigenvalue weighted by Gasteiger charge is -2.15. The second kappa shape index (κ2) is 3.06. The van der Waals surface area contributed by atoms with Gasteiger partial charge in [0.05, 0.1) is 0 Å². The molecule has 0 aliphatic rings. The van der Waals surface area contributed by atoms with Crippen LogP contribution in [0.1, 0.15) is 0 Å². The summed E-state index contributed by atoms with van der Waals surface area (Å²) in [5.41, 5.74) is 0. The second-order valence-corrected chi connectivity index (χ2v) is 2.61. The number of hydrogen-bond acceptors (Lipinski definition) is 2. The molecule has 2 N–H and O–H groups in total. The average molecular weight is 198 g/mol. The van der Waals surface area contributed by atoms with Crippen molar-refractivity contribution in [2.24, 2.45) is 0 Å². The Morgan fingerprint density at radius 3 is 1.82 bits per heavy atom. The van der Waals surface area contributed by atoms with Gasteiger partial charge >= 0.3 is 20.4 Å². The summed E-state index contributed by atoms with van der Waals surface area (Å²) in [6.45, 7) is 0. The van der Waals surface area contributed by atoms with Gasteiger partial charge in [-0.2, -0.15) is 8.78 Å². The summed E-state index contributed by atoms with van der Waals surface area (Å²) in [6.07, 6.45) is -9.38. The van der Waals surface area contributed by atoms with Crippen molar-refractivity contribution in [3.63, 3.8) is 0 Å². The molecular weight excluding hydrogens is 195 g/mol. The summed E-state index contributed by atoms with van der Waals surface area (Å²) in [4.78, 5) is 15.4. The monoisotopic (exact) mass is 198 g/mol. The Morgan fingerprint density at radius 2 is 1.73 bits per heavy atom. The summed E-state index contributed by atoms with van der Waals surface area (Å²) in [5, 5.41) is 0.